The molecular formula is C34H51N5O7S2. The molecule has 0 radical (unpaired) electrons. The average Bonchev–Trinajstić information content (AvgIpc) is 3.73. The van der Waals surface area contributed by atoms with Crippen LogP contribution in [-0.2, 0) is 9.53 Å². The van der Waals surface area contributed by atoms with Crippen LogP contribution in [-0.4, -0.2) is 105 Å². The van der Waals surface area contributed by atoms with Crippen LogP contribution in [0.25, 0.3) is 10.2 Å². The monoisotopic (exact) mass is 705 g/mol. The molecule has 3 aromatic rings. The van der Waals surface area contributed by atoms with Crippen molar-refractivity contribution >= 4 is 45.3 Å². The predicted octanol–water partition coefficient (Wildman–Crippen LogP) is 4.94. The Bertz CT molecular complexity index is 1500. The molecule has 12 nitrogen and oxygen atoms in total. The number of amides is 1. The van der Waals surface area contributed by atoms with Crippen LogP contribution in [0.5, 0.6) is 5.75 Å². The molecule has 5 N–H and O–H groups in total. The number of ether oxygens (including phenoxy) is 1. The number of hydrogen-bond donors (Lipinski definition) is 5. The lowest BCUT2D eigenvalue weighted by Gasteiger charge is -2.47. The van der Waals surface area contributed by atoms with Gasteiger partial charge < -0.3 is 40.2 Å². The number of rotatable bonds is 15. The van der Waals surface area contributed by atoms with Crippen molar-refractivity contribution < 1.29 is 29.6 Å². The Morgan fingerprint density at radius 2 is 1.79 bits per heavy atom. The number of nitrogens with zero attached hydrogens (tertiary/aromatic N) is 3. The summed E-state index contributed by atoms with van der Waals surface area (Å²) in [4.78, 5) is 45.4. The highest BCUT2D eigenvalue weighted by atomic mass is 32.1. The number of thiazole rings is 2. The number of aliphatic hydroxyl groups is 1. The maximum absolute atomic E-state index is 13.2. The second-order valence-electron chi connectivity index (χ2n) is 13.0. The van der Waals surface area contributed by atoms with Gasteiger partial charge in [0.05, 0.1) is 40.8 Å². The largest absolute Gasteiger partial charge is 0.506 e. The number of phenolic OH excluding ortho intramolecular Hbond substituents is 1. The Morgan fingerprint density at radius 3 is 2.48 bits per heavy atom. The highest BCUT2D eigenvalue weighted by molar-refractivity contribution is 7.16. The normalized spacial score (nSPS) is 17.0. The molecule has 0 unspecified atom stereocenters. The first-order valence-corrected chi connectivity index (χ1v) is 18.7. The van der Waals surface area contributed by atoms with Crippen molar-refractivity contribution in [3.05, 3.63) is 43.4 Å². The van der Waals surface area contributed by atoms with E-state index >= 15 is 0 Å². The number of carbonyl (C=O) groups is 2. The summed E-state index contributed by atoms with van der Waals surface area (Å²) in [5, 5.41) is 31.8. The zero-order chi connectivity index (χ0) is 34.5. The fourth-order valence-corrected chi connectivity index (χ4v) is 8.24. The number of phenols is 1. The van der Waals surface area contributed by atoms with Crippen molar-refractivity contribution in [2.75, 3.05) is 52.4 Å². The number of piperidine rings is 1. The molecule has 0 aliphatic carbocycles. The first-order chi connectivity index (χ1) is 23.2. The molecule has 266 valence electrons. The van der Waals surface area contributed by atoms with Crippen LogP contribution >= 0.6 is 22.7 Å². The molecule has 0 bridgehead atoms. The third-order valence-corrected chi connectivity index (χ3v) is 11.4. The van der Waals surface area contributed by atoms with Crippen molar-refractivity contribution in [3.63, 3.8) is 0 Å². The quantitative estimate of drug-likeness (QED) is 0.108. The Hall–Kier alpha value is -2.88. The smallest absolute Gasteiger partial charge is 0.305 e. The van der Waals surface area contributed by atoms with Gasteiger partial charge in [-0.05, 0) is 44.8 Å². The minimum Gasteiger partial charge on any atom is -0.506 e. The Kier molecular flexibility index (Phi) is 14.8. The maximum atomic E-state index is 13.2. The van der Waals surface area contributed by atoms with E-state index in [0.29, 0.717) is 47.9 Å². The lowest BCUT2D eigenvalue weighted by Crippen LogP contribution is -2.58. The van der Waals surface area contributed by atoms with Gasteiger partial charge in [-0.25, -0.2) is 4.98 Å². The Morgan fingerprint density at radius 1 is 1.10 bits per heavy atom. The number of carbonyl (C=O) groups excluding carboxylic acids is 1. The number of fused-ring (bicyclic) bond motifs is 1. The zero-order valence-corrected chi connectivity index (χ0v) is 29.8. The number of nitrogens with one attached hydrogen (secondary N) is 2. The van der Waals surface area contributed by atoms with E-state index in [9.17, 15) is 19.8 Å². The summed E-state index contributed by atoms with van der Waals surface area (Å²) in [6, 6.07) is 3.20. The highest BCUT2D eigenvalue weighted by Gasteiger charge is 2.41. The number of H-pyrrole nitrogens is 1. The van der Waals surface area contributed by atoms with Gasteiger partial charge in [-0.1, -0.05) is 63.4 Å². The molecule has 48 heavy (non-hydrogen) atoms. The number of unbranched alkanes of at least 4 members (excludes halogenated alkanes) is 6. The lowest BCUT2D eigenvalue weighted by atomic mass is 9.89. The summed E-state index contributed by atoms with van der Waals surface area (Å²) in [7, 11) is 0. The van der Waals surface area contributed by atoms with E-state index in [4.69, 9.17) is 14.6 Å². The van der Waals surface area contributed by atoms with E-state index < -0.39 is 6.10 Å². The number of hydrogen-bond acceptors (Lipinski definition) is 11. The number of likely N-dealkylation sites (tertiary alicyclic amines) is 1. The van der Waals surface area contributed by atoms with Crippen LogP contribution in [0.2, 0.25) is 0 Å². The van der Waals surface area contributed by atoms with Crippen molar-refractivity contribution in [2.45, 2.75) is 89.3 Å². The number of aromatic hydroxyl groups is 1. The molecule has 2 aliphatic heterocycles. The van der Waals surface area contributed by atoms with Gasteiger partial charge in [-0.2, -0.15) is 0 Å². The third kappa shape index (κ3) is 10.6. The van der Waals surface area contributed by atoms with E-state index in [0.717, 1.165) is 66.7 Å². The molecule has 2 aliphatic rings. The predicted molar refractivity (Wildman–Crippen MR) is 189 cm³/mol. The molecule has 5 rings (SSSR count). The van der Waals surface area contributed by atoms with Crippen LogP contribution in [0.15, 0.2) is 23.1 Å². The van der Waals surface area contributed by atoms with Crippen LogP contribution in [0.4, 0.5) is 0 Å². The number of aromatic amines is 1. The molecule has 2 fully saturated rings. The van der Waals surface area contributed by atoms with Gasteiger partial charge in [0.2, 0.25) is 0 Å². The van der Waals surface area contributed by atoms with E-state index in [1.54, 1.807) is 12.3 Å². The van der Waals surface area contributed by atoms with E-state index in [1.165, 1.54) is 55.9 Å². The fraction of sp³-hybridized carbons (Fsp3) is 0.647. The summed E-state index contributed by atoms with van der Waals surface area (Å²) in [5.41, 5.74) is 0.857. The van der Waals surface area contributed by atoms with Crippen molar-refractivity contribution in [1.29, 1.82) is 0 Å². The minimum absolute atomic E-state index is 0.0249. The average molecular weight is 706 g/mol. The highest BCUT2D eigenvalue weighted by Crippen LogP contribution is 2.33. The van der Waals surface area contributed by atoms with Gasteiger partial charge in [-0.3, -0.25) is 14.4 Å². The molecule has 1 atom stereocenters. The third-order valence-electron chi connectivity index (χ3n) is 9.14. The van der Waals surface area contributed by atoms with Gasteiger partial charge in [0.15, 0.2) is 0 Å². The van der Waals surface area contributed by atoms with Gasteiger partial charge >= 0.3 is 4.87 Å². The number of aliphatic hydroxyl groups excluding tert-OH is 1. The number of benzene rings is 1. The summed E-state index contributed by atoms with van der Waals surface area (Å²) in [5.74, 6) is 0.465. The fourth-order valence-electron chi connectivity index (χ4n) is 6.43. The Balaban J connectivity index is 0.00000167. The standard InChI is InChI=1S/C33H49N5O5S2.CH2O2/c1-23(2)30-35-21-27(44-30)31(41)38-18-19-43-33(22-38)12-16-37(17-13-33)15-9-7-5-3-4-6-8-14-34-20-26(40)24-10-11-25(39)28-29(24)45-32(42)36-28;2-1-3/h10-11,21,23,26,34,39-40H,3-9,12-20,22H2,1-2H3,(H,36,42);1H,(H,2,3)/t26-;/m0./s1. The summed E-state index contributed by atoms with van der Waals surface area (Å²) >= 11 is 2.54. The second-order valence-corrected chi connectivity index (χ2v) is 15.1. The summed E-state index contributed by atoms with van der Waals surface area (Å²) in [6.07, 6.45) is 11.4. The minimum atomic E-state index is -0.730. The van der Waals surface area contributed by atoms with Gasteiger partial charge in [0, 0.05) is 37.7 Å². The molecule has 2 saturated heterocycles. The zero-order valence-electron chi connectivity index (χ0n) is 28.1. The van der Waals surface area contributed by atoms with E-state index in [-0.39, 0.29) is 28.6 Å². The molecular weight excluding hydrogens is 655 g/mol. The number of carboxylic acid groups (broad SMARTS) is 1. The number of aromatic nitrogens is 2. The van der Waals surface area contributed by atoms with Crippen LogP contribution in [0.3, 0.4) is 0 Å². The molecule has 4 heterocycles. The number of morpholine rings is 1. The van der Waals surface area contributed by atoms with Crippen LogP contribution in [0.1, 0.15) is 104 Å². The van der Waals surface area contributed by atoms with Gasteiger partial charge in [0.25, 0.3) is 12.4 Å². The molecule has 14 heteroatoms. The lowest BCUT2D eigenvalue weighted by molar-refractivity contribution is -0.127. The van der Waals surface area contributed by atoms with E-state index in [2.05, 4.69) is 34.0 Å². The topological polar surface area (TPSA) is 168 Å². The molecule has 1 amide bonds. The SMILES string of the molecule is CC(C)c1ncc(C(=O)N2CCOC3(CCN(CCCCCCCCCNC[C@H](O)c4ccc(O)c5[nH]c(=O)sc45)CC3)C2)s1.O=CO. The van der Waals surface area contributed by atoms with Crippen LogP contribution < -0.4 is 10.2 Å². The second kappa shape index (κ2) is 18.8. The molecule has 1 spiro atoms. The maximum Gasteiger partial charge on any atom is 0.305 e. The summed E-state index contributed by atoms with van der Waals surface area (Å²) in [6.45, 7) is 10.4. The van der Waals surface area contributed by atoms with E-state index in [1.807, 2.05) is 4.90 Å². The van der Waals surface area contributed by atoms with Crippen molar-refractivity contribution in [3.8, 4) is 5.75 Å². The first kappa shape index (κ1) is 37.9. The van der Waals surface area contributed by atoms with Crippen LogP contribution in [0, 0.1) is 0 Å². The molecule has 2 aromatic heterocycles. The molecule has 1 aromatic carbocycles. The first-order valence-electron chi connectivity index (χ1n) is 17.1. The summed E-state index contributed by atoms with van der Waals surface area (Å²) < 4.78 is 6.92. The molecule has 0 saturated carbocycles. The Labute approximate surface area is 290 Å². The van der Waals surface area contributed by atoms with Gasteiger partial charge in [0.1, 0.15) is 16.1 Å². The van der Waals surface area contributed by atoms with Gasteiger partial charge in [-0.15, -0.1) is 11.3 Å². The van der Waals surface area contributed by atoms with Crippen molar-refractivity contribution in [1.82, 2.24) is 25.1 Å². The van der Waals surface area contributed by atoms with Crippen molar-refractivity contribution in [2.24, 2.45) is 0 Å².